The number of nitriles is 1. The van der Waals surface area contributed by atoms with Crippen LogP contribution in [0.3, 0.4) is 0 Å². The van der Waals surface area contributed by atoms with E-state index in [2.05, 4.69) is 23.6 Å². The van der Waals surface area contributed by atoms with Crippen molar-refractivity contribution >= 4 is 23.8 Å². The van der Waals surface area contributed by atoms with Crippen LogP contribution < -0.4 is 15.4 Å². The summed E-state index contributed by atoms with van der Waals surface area (Å²) in [5.74, 6) is 2.74. The highest BCUT2D eigenvalue weighted by Gasteiger charge is 2.57. The Kier molecular flexibility index (Phi) is 17.6. The highest BCUT2D eigenvalue weighted by Crippen LogP contribution is 2.62. The van der Waals surface area contributed by atoms with E-state index in [9.17, 15) is 35.3 Å². The van der Waals surface area contributed by atoms with Crippen LogP contribution in [0.5, 0.6) is 5.75 Å². The molecule has 15 heteroatoms. The molecule has 4 aliphatic carbocycles. The fraction of sp³-hybridized carbons (Fsp3) is 0.786. The van der Waals surface area contributed by atoms with E-state index in [1.807, 2.05) is 40.9 Å². The first-order chi connectivity index (χ1) is 27.5. The minimum Gasteiger partial charge on any atom is -0.492 e. The number of aliphatic hydroxyl groups is 5. The van der Waals surface area contributed by atoms with Crippen LogP contribution in [0.1, 0.15) is 89.5 Å². The average Bonchev–Trinajstić information content (AvgIpc) is 3.69. The van der Waals surface area contributed by atoms with Crippen LogP contribution >= 0.6 is 11.8 Å². The van der Waals surface area contributed by atoms with Crippen LogP contribution in [0.15, 0.2) is 24.3 Å². The standard InChI is InChI=1S/C42H67N5O9S/c1-2-3-4-5-14-46(27-35(49)38(52)39(53)36(50)28-48)16-12-30-8-10-34(11-9-30)55-17-13-44-40(54)56-18-19-57-42-23-31-20-32(24-42)22-41(21-31,29-42)45-26-37(51)47-15-6-7-33(47)25-43/h8-11,31-33,35-36,38-39,45,48-50,52-53H,2-7,12-24,26-29H2,1H3,(H,44,54)/t31-,32?,33-,35-,36+,38+,39+,41?,42?/m0/s1. The molecule has 9 atom stereocenters. The van der Waals surface area contributed by atoms with E-state index in [0.717, 1.165) is 69.1 Å². The number of aliphatic hydroxyl groups excluding tert-OH is 5. The third kappa shape index (κ3) is 13.2. The van der Waals surface area contributed by atoms with Crippen LogP contribution in [-0.4, -0.2) is 153 Å². The number of ether oxygens (including phenoxy) is 2. The summed E-state index contributed by atoms with van der Waals surface area (Å²) >= 11 is 1.92. The van der Waals surface area contributed by atoms with Gasteiger partial charge in [-0.2, -0.15) is 17.0 Å². The number of carbonyl (C=O) groups excluding carboxylic acids is 2. The van der Waals surface area contributed by atoms with Crippen molar-refractivity contribution in [2.24, 2.45) is 11.8 Å². The Morgan fingerprint density at radius 2 is 1.75 bits per heavy atom. The molecule has 5 aliphatic rings. The number of hydrogen-bond acceptors (Lipinski definition) is 13. The Morgan fingerprint density at radius 1 is 1.02 bits per heavy atom. The number of amides is 2. The van der Waals surface area contributed by atoms with E-state index in [4.69, 9.17) is 14.6 Å². The van der Waals surface area contributed by atoms with Gasteiger partial charge in [0.25, 0.3) is 0 Å². The molecule has 5 fully saturated rings. The van der Waals surface area contributed by atoms with E-state index in [1.54, 1.807) is 4.90 Å². The second kappa shape index (κ2) is 22.1. The van der Waals surface area contributed by atoms with Gasteiger partial charge in [0, 0.05) is 35.7 Å². The van der Waals surface area contributed by atoms with Gasteiger partial charge in [0.15, 0.2) is 0 Å². The molecule has 1 aromatic rings. The van der Waals surface area contributed by atoms with Crippen LogP contribution in [0.2, 0.25) is 0 Å². The summed E-state index contributed by atoms with van der Waals surface area (Å²) in [6.07, 6.45) is 6.86. The molecule has 320 valence electrons. The number of likely N-dealkylation sites (tertiary alicyclic amines) is 1. The smallest absolute Gasteiger partial charge is 0.407 e. The monoisotopic (exact) mass is 817 g/mol. The molecule has 6 rings (SSSR count). The first-order valence-electron chi connectivity index (χ1n) is 21.2. The van der Waals surface area contributed by atoms with Crippen molar-refractivity contribution < 1.29 is 44.6 Å². The molecule has 4 bridgehead atoms. The highest BCUT2D eigenvalue weighted by molar-refractivity contribution is 8.00. The molecular formula is C42H67N5O9S. The van der Waals surface area contributed by atoms with Gasteiger partial charge < -0.3 is 55.4 Å². The van der Waals surface area contributed by atoms with E-state index in [0.29, 0.717) is 63.3 Å². The van der Waals surface area contributed by atoms with Crippen molar-refractivity contribution in [1.29, 1.82) is 5.26 Å². The lowest BCUT2D eigenvalue weighted by Gasteiger charge is -2.62. The third-order valence-electron chi connectivity index (χ3n) is 12.4. The molecule has 1 aliphatic heterocycles. The molecule has 7 N–H and O–H groups in total. The van der Waals surface area contributed by atoms with Gasteiger partial charge in [-0.1, -0.05) is 38.3 Å². The van der Waals surface area contributed by atoms with Gasteiger partial charge in [-0.25, -0.2) is 4.79 Å². The van der Waals surface area contributed by atoms with Crippen molar-refractivity contribution in [3.05, 3.63) is 29.8 Å². The normalized spacial score (nSPS) is 27.2. The minimum atomic E-state index is -1.65. The molecule has 1 saturated heterocycles. The number of unbranched alkanes of at least 4 members (excludes halogenated alkanes) is 3. The molecule has 14 nitrogen and oxygen atoms in total. The number of nitrogens with zero attached hydrogens (tertiary/aromatic N) is 3. The van der Waals surface area contributed by atoms with Gasteiger partial charge in [-0.05, 0) is 100 Å². The van der Waals surface area contributed by atoms with Crippen molar-refractivity contribution in [3.8, 4) is 11.8 Å². The van der Waals surface area contributed by atoms with Crippen LogP contribution in [0.25, 0.3) is 0 Å². The van der Waals surface area contributed by atoms with Crippen molar-refractivity contribution in [2.75, 3.05) is 64.8 Å². The fourth-order valence-electron chi connectivity index (χ4n) is 9.92. The van der Waals surface area contributed by atoms with Gasteiger partial charge >= 0.3 is 6.09 Å². The Labute approximate surface area is 342 Å². The molecule has 0 spiro atoms. The lowest BCUT2D eigenvalue weighted by molar-refractivity contribution is -0.131. The van der Waals surface area contributed by atoms with Gasteiger partial charge in [0.1, 0.15) is 43.3 Å². The molecule has 4 saturated carbocycles. The van der Waals surface area contributed by atoms with Gasteiger partial charge in [-0.3, -0.25) is 4.79 Å². The molecule has 2 amide bonds. The number of carbonyl (C=O) groups is 2. The summed E-state index contributed by atoms with van der Waals surface area (Å²) in [4.78, 5) is 29.2. The van der Waals surface area contributed by atoms with Crippen LogP contribution in [0, 0.1) is 23.2 Å². The summed E-state index contributed by atoms with van der Waals surface area (Å²) < 4.78 is 11.5. The fourth-order valence-corrected chi connectivity index (χ4v) is 11.6. The van der Waals surface area contributed by atoms with E-state index < -0.39 is 37.1 Å². The lowest BCUT2D eigenvalue weighted by Crippen LogP contribution is -2.64. The molecule has 1 aromatic carbocycles. The van der Waals surface area contributed by atoms with Crippen molar-refractivity contribution in [3.63, 3.8) is 0 Å². The summed E-state index contributed by atoms with van der Waals surface area (Å²) in [7, 11) is 0. The van der Waals surface area contributed by atoms with E-state index >= 15 is 0 Å². The maximum absolute atomic E-state index is 13.0. The maximum Gasteiger partial charge on any atom is 0.407 e. The molecule has 0 radical (unpaired) electrons. The minimum absolute atomic E-state index is 0.0301. The largest absolute Gasteiger partial charge is 0.492 e. The Balaban J connectivity index is 0.969. The third-order valence-corrected chi connectivity index (χ3v) is 13.9. The Bertz CT molecular complexity index is 1440. The molecule has 3 unspecified atom stereocenters. The first kappa shape index (κ1) is 45.4. The van der Waals surface area contributed by atoms with Crippen molar-refractivity contribution in [2.45, 2.75) is 131 Å². The number of hydrogen-bond donors (Lipinski definition) is 7. The topological polar surface area (TPSA) is 208 Å². The average molecular weight is 818 g/mol. The number of thioether (sulfide) groups is 1. The van der Waals surface area contributed by atoms with Gasteiger partial charge in [0.05, 0.1) is 31.9 Å². The number of alkyl carbamates (subject to hydrolysis) is 1. The number of benzene rings is 1. The zero-order chi connectivity index (χ0) is 40.8. The van der Waals surface area contributed by atoms with Crippen molar-refractivity contribution in [1.82, 2.24) is 20.4 Å². The second-order valence-corrected chi connectivity index (χ2v) is 18.5. The number of nitrogens with one attached hydrogen (secondary N) is 2. The quantitative estimate of drug-likeness (QED) is 0.0710. The van der Waals surface area contributed by atoms with E-state index in [-0.39, 0.29) is 35.4 Å². The second-order valence-electron chi connectivity index (χ2n) is 17.0. The van der Waals surface area contributed by atoms with Crippen LogP contribution in [-0.2, 0) is 16.0 Å². The lowest BCUT2D eigenvalue weighted by atomic mass is 9.52. The highest BCUT2D eigenvalue weighted by atomic mass is 32.2. The molecule has 1 heterocycles. The summed E-state index contributed by atoms with van der Waals surface area (Å²) in [5.41, 5.74) is 1.03. The van der Waals surface area contributed by atoms with Gasteiger partial charge in [-0.15, -0.1) is 0 Å². The zero-order valence-corrected chi connectivity index (χ0v) is 34.5. The van der Waals surface area contributed by atoms with E-state index in [1.165, 1.54) is 19.3 Å². The summed E-state index contributed by atoms with van der Waals surface area (Å²) in [5, 5.41) is 65.6. The Hall–Kier alpha value is -2.68. The predicted octanol–water partition coefficient (Wildman–Crippen LogP) is 2.58. The van der Waals surface area contributed by atoms with Gasteiger partial charge in [0.2, 0.25) is 5.91 Å². The summed E-state index contributed by atoms with van der Waals surface area (Å²) in [6.45, 7) is 4.75. The number of rotatable bonds is 25. The van der Waals surface area contributed by atoms with Crippen LogP contribution in [0.4, 0.5) is 4.79 Å². The molecular weight excluding hydrogens is 751 g/mol. The summed E-state index contributed by atoms with van der Waals surface area (Å²) in [6, 6.07) is 9.68. The predicted molar refractivity (Wildman–Crippen MR) is 218 cm³/mol. The SMILES string of the molecule is CCCCCCN(CCc1ccc(OCCNC(=O)OCCSC23CC4C[C@@H](CC(NCC(=O)N5CCC[C@H]5C#N)(C4)C2)C3)cc1)C[C@H](O)[C@@H](O)[C@H](O)[C@H](O)CO. The maximum atomic E-state index is 13.0. The Morgan fingerprint density at radius 3 is 2.46 bits per heavy atom. The zero-order valence-electron chi connectivity index (χ0n) is 33.7. The molecule has 57 heavy (non-hydrogen) atoms. The first-order valence-corrected chi connectivity index (χ1v) is 22.2. The molecule has 0 aromatic heterocycles.